The zero-order chi connectivity index (χ0) is 13.9. The third-order valence-corrected chi connectivity index (χ3v) is 4.87. The van der Waals surface area contributed by atoms with Crippen LogP contribution >= 0.6 is 11.3 Å². The highest BCUT2D eigenvalue weighted by molar-refractivity contribution is 7.09. The fourth-order valence-corrected chi connectivity index (χ4v) is 3.65. The van der Waals surface area contributed by atoms with E-state index in [1.165, 1.54) is 22.6 Å². The number of nitrogens with one attached hydrogen (secondary N) is 1. The van der Waals surface area contributed by atoms with Crippen LogP contribution in [0.2, 0.25) is 0 Å². The molecule has 1 aromatic heterocycles. The van der Waals surface area contributed by atoms with E-state index in [9.17, 15) is 9.59 Å². The number of hydrogen-bond acceptors (Lipinski definition) is 3. The average Bonchev–Trinajstić information content (AvgIpc) is 3.17. The zero-order valence-electron chi connectivity index (χ0n) is 11.4. The van der Waals surface area contributed by atoms with Gasteiger partial charge >= 0.3 is 12.1 Å². The molecule has 0 radical (unpaired) electrons. The van der Waals surface area contributed by atoms with E-state index in [-0.39, 0.29) is 18.1 Å². The van der Waals surface area contributed by atoms with Crippen molar-refractivity contribution in [1.82, 2.24) is 15.1 Å². The number of imide groups is 1. The van der Waals surface area contributed by atoms with E-state index in [4.69, 9.17) is 0 Å². The fourth-order valence-electron chi connectivity index (χ4n) is 2.95. The molecule has 2 fully saturated rings. The van der Waals surface area contributed by atoms with Crippen LogP contribution in [0.4, 0.5) is 9.59 Å². The zero-order valence-corrected chi connectivity index (χ0v) is 12.2. The number of hydrogen-bond donors (Lipinski definition) is 1. The van der Waals surface area contributed by atoms with Crippen molar-refractivity contribution in [2.45, 2.75) is 38.3 Å². The largest absolute Gasteiger partial charge is 0.336 e. The summed E-state index contributed by atoms with van der Waals surface area (Å²) in [6.45, 7) is 1.65. The summed E-state index contributed by atoms with van der Waals surface area (Å²) in [5.41, 5.74) is 0. The first-order chi connectivity index (χ1) is 9.75. The number of carbonyl (C=O) groups excluding carboxylic acids is 2. The van der Waals surface area contributed by atoms with Crippen LogP contribution in [-0.2, 0) is 6.54 Å². The van der Waals surface area contributed by atoms with E-state index in [1.54, 1.807) is 11.3 Å². The summed E-state index contributed by atoms with van der Waals surface area (Å²) in [6.07, 6.45) is 4.44. The lowest BCUT2D eigenvalue weighted by molar-refractivity contribution is 0.142. The summed E-state index contributed by atoms with van der Waals surface area (Å²) in [7, 11) is 0. The van der Waals surface area contributed by atoms with Crippen molar-refractivity contribution >= 4 is 23.4 Å². The number of amides is 4. The minimum Gasteiger partial charge on any atom is -0.336 e. The predicted octanol–water partition coefficient (Wildman–Crippen LogP) is 2.64. The van der Waals surface area contributed by atoms with E-state index >= 15 is 0 Å². The van der Waals surface area contributed by atoms with Gasteiger partial charge < -0.3 is 10.2 Å². The van der Waals surface area contributed by atoms with Crippen LogP contribution in [0.25, 0.3) is 0 Å². The van der Waals surface area contributed by atoms with Crippen molar-refractivity contribution in [2.24, 2.45) is 0 Å². The van der Waals surface area contributed by atoms with Crippen LogP contribution < -0.4 is 5.32 Å². The lowest BCUT2D eigenvalue weighted by atomic mass is 10.2. The van der Waals surface area contributed by atoms with Crippen molar-refractivity contribution in [3.05, 3.63) is 22.4 Å². The second-order valence-corrected chi connectivity index (χ2v) is 6.34. The summed E-state index contributed by atoms with van der Waals surface area (Å²) in [4.78, 5) is 28.8. The quantitative estimate of drug-likeness (QED) is 0.931. The first-order valence-electron chi connectivity index (χ1n) is 7.14. The van der Waals surface area contributed by atoms with Crippen molar-refractivity contribution in [3.8, 4) is 0 Å². The maximum Gasteiger partial charge on any atom is 0.328 e. The Morgan fingerprint density at radius 1 is 1.45 bits per heavy atom. The molecule has 20 heavy (non-hydrogen) atoms. The Morgan fingerprint density at radius 2 is 2.25 bits per heavy atom. The highest BCUT2D eigenvalue weighted by Gasteiger charge is 2.34. The van der Waals surface area contributed by atoms with Crippen molar-refractivity contribution in [3.63, 3.8) is 0 Å². The molecule has 0 atom stereocenters. The number of carbonyl (C=O) groups is 2. The Labute approximate surface area is 122 Å². The first-order valence-corrected chi connectivity index (χ1v) is 8.02. The maximum atomic E-state index is 12.7. The highest BCUT2D eigenvalue weighted by Crippen LogP contribution is 2.27. The minimum atomic E-state index is -0.260. The molecule has 1 aromatic rings. The Balaban J connectivity index is 1.77. The van der Waals surface area contributed by atoms with Crippen molar-refractivity contribution in [2.75, 3.05) is 13.1 Å². The van der Waals surface area contributed by atoms with E-state index < -0.39 is 0 Å². The second kappa shape index (κ2) is 5.83. The van der Waals surface area contributed by atoms with Gasteiger partial charge in [0.05, 0.1) is 6.54 Å². The topological polar surface area (TPSA) is 52.7 Å². The fraction of sp³-hybridized carbons (Fsp3) is 0.571. The highest BCUT2D eigenvalue weighted by atomic mass is 32.1. The van der Waals surface area contributed by atoms with E-state index in [2.05, 4.69) is 5.32 Å². The number of thiophene rings is 1. The Hall–Kier alpha value is -1.56. The SMILES string of the molecule is O=C1NCCN1C(=O)N(Cc1cccs1)C1CCCC1. The Morgan fingerprint density at radius 3 is 2.85 bits per heavy atom. The first kappa shape index (κ1) is 13.4. The minimum absolute atomic E-state index is 0.139. The van der Waals surface area contributed by atoms with Crippen LogP contribution in [-0.4, -0.2) is 41.0 Å². The van der Waals surface area contributed by atoms with Crippen molar-refractivity contribution in [1.29, 1.82) is 0 Å². The summed E-state index contributed by atoms with van der Waals surface area (Å²) in [5, 5.41) is 4.72. The molecule has 0 unspecified atom stereocenters. The molecule has 0 spiro atoms. The van der Waals surface area contributed by atoms with Crippen LogP contribution in [0.3, 0.4) is 0 Å². The standard InChI is InChI=1S/C14H19N3O2S/c18-13-15-7-8-16(13)14(19)17(11-4-1-2-5-11)10-12-6-3-9-20-12/h3,6,9,11H,1-2,4-5,7-8,10H2,(H,15,18). The molecule has 2 aliphatic rings. The number of rotatable bonds is 3. The maximum absolute atomic E-state index is 12.7. The number of nitrogens with zero attached hydrogens (tertiary/aromatic N) is 2. The summed E-state index contributed by atoms with van der Waals surface area (Å²) < 4.78 is 0. The van der Waals surface area contributed by atoms with Gasteiger partial charge in [-0.3, -0.25) is 0 Å². The van der Waals surface area contributed by atoms with Gasteiger partial charge in [0.15, 0.2) is 0 Å². The molecular weight excluding hydrogens is 274 g/mol. The molecule has 1 saturated carbocycles. The molecule has 0 bridgehead atoms. The Kier molecular flexibility index (Phi) is 3.91. The van der Waals surface area contributed by atoms with Crippen LogP contribution in [0.5, 0.6) is 0 Å². The Bertz CT molecular complexity index is 483. The van der Waals surface area contributed by atoms with Crippen LogP contribution in [0, 0.1) is 0 Å². The van der Waals surface area contributed by atoms with Gasteiger partial charge in [0.2, 0.25) is 0 Å². The average molecular weight is 293 g/mol. The molecule has 4 amide bonds. The molecule has 5 nitrogen and oxygen atoms in total. The van der Waals surface area contributed by atoms with Crippen LogP contribution in [0.1, 0.15) is 30.6 Å². The molecular formula is C14H19N3O2S. The van der Waals surface area contributed by atoms with Gasteiger partial charge in [-0.1, -0.05) is 18.9 Å². The second-order valence-electron chi connectivity index (χ2n) is 5.31. The van der Waals surface area contributed by atoms with Gasteiger partial charge in [-0.2, -0.15) is 0 Å². The number of urea groups is 2. The van der Waals surface area contributed by atoms with E-state index in [1.807, 2.05) is 22.4 Å². The van der Waals surface area contributed by atoms with Gasteiger partial charge in [-0.15, -0.1) is 11.3 Å². The van der Waals surface area contributed by atoms with Gasteiger partial charge in [0.25, 0.3) is 0 Å². The molecule has 2 heterocycles. The molecule has 1 saturated heterocycles. The monoisotopic (exact) mass is 293 g/mol. The smallest absolute Gasteiger partial charge is 0.328 e. The van der Waals surface area contributed by atoms with Gasteiger partial charge in [0, 0.05) is 24.0 Å². The van der Waals surface area contributed by atoms with Crippen molar-refractivity contribution < 1.29 is 9.59 Å². The van der Waals surface area contributed by atoms with Gasteiger partial charge in [-0.25, -0.2) is 14.5 Å². The molecule has 1 aliphatic heterocycles. The summed E-state index contributed by atoms with van der Waals surface area (Å²) in [6, 6.07) is 3.92. The van der Waals surface area contributed by atoms with Gasteiger partial charge in [-0.05, 0) is 24.3 Å². The molecule has 0 aromatic carbocycles. The lowest BCUT2D eigenvalue weighted by Gasteiger charge is -2.31. The summed E-state index contributed by atoms with van der Waals surface area (Å²) in [5.74, 6) is 0. The molecule has 3 rings (SSSR count). The molecule has 1 aliphatic carbocycles. The van der Waals surface area contributed by atoms with Crippen LogP contribution in [0.15, 0.2) is 17.5 Å². The molecule has 108 valence electrons. The van der Waals surface area contributed by atoms with E-state index in [0.29, 0.717) is 19.6 Å². The van der Waals surface area contributed by atoms with Gasteiger partial charge in [0.1, 0.15) is 0 Å². The lowest BCUT2D eigenvalue weighted by Crippen LogP contribution is -2.48. The predicted molar refractivity (Wildman–Crippen MR) is 77.6 cm³/mol. The third kappa shape index (κ3) is 2.65. The molecule has 6 heteroatoms. The van der Waals surface area contributed by atoms with E-state index in [0.717, 1.165) is 12.8 Å². The summed E-state index contributed by atoms with van der Waals surface area (Å²) >= 11 is 1.66. The molecule has 1 N–H and O–H groups in total. The normalized spacial score (nSPS) is 19.4. The third-order valence-electron chi connectivity index (χ3n) is 4.01.